The summed E-state index contributed by atoms with van der Waals surface area (Å²) in [6.45, 7) is -0.774. The van der Waals surface area contributed by atoms with Gasteiger partial charge in [-0.25, -0.2) is 13.6 Å². The number of benzene rings is 2. The second kappa shape index (κ2) is 8.31. The molecule has 2 aromatic rings. The smallest absolute Gasteiger partial charge is 0.405 e. The van der Waals surface area contributed by atoms with Gasteiger partial charge in [0.2, 0.25) is 0 Å². The van der Waals surface area contributed by atoms with E-state index >= 15 is 0 Å². The molecule has 2 aromatic carbocycles. The van der Waals surface area contributed by atoms with E-state index in [1.54, 1.807) is 12.1 Å². The average molecular weight is 416 g/mol. The van der Waals surface area contributed by atoms with Crippen molar-refractivity contribution in [1.82, 2.24) is 5.32 Å². The Morgan fingerprint density at radius 2 is 2.07 bits per heavy atom. The Morgan fingerprint density at radius 3 is 2.78 bits per heavy atom. The van der Waals surface area contributed by atoms with Crippen molar-refractivity contribution in [3.8, 4) is 16.9 Å². The molecule has 1 amide bonds. The summed E-state index contributed by atoms with van der Waals surface area (Å²) in [6, 6.07) is 8.33. The minimum absolute atomic E-state index is 0.150. The highest BCUT2D eigenvalue weighted by atomic mass is 35.5. The third-order valence-corrected chi connectivity index (χ3v) is 4.93. The largest absolute Gasteiger partial charge is 0.485 e. The van der Waals surface area contributed by atoms with E-state index in [0.29, 0.717) is 10.6 Å². The fraction of sp³-hybridized carbons (Fsp3) is 0.316. The first kappa shape index (κ1) is 19.7. The summed E-state index contributed by atoms with van der Waals surface area (Å²) in [5, 5.41) is 12.1. The third-order valence-electron chi connectivity index (χ3n) is 4.43. The molecule has 0 heterocycles. The second-order valence-corrected chi connectivity index (χ2v) is 7.12. The highest BCUT2D eigenvalue weighted by Crippen LogP contribution is 2.41. The van der Waals surface area contributed by atoms with Crippen LogP contribution < -0.4 is 10.1 Å². The predicted molar refractivity (Wildman–Crippen MR) is 100 cm³/mol. The van der Waals surface area contributed by atoms with Crippen molar-refractivity contribution in [2.24, 2.45) is 0 Å². The Kier molecular flexibility index (Phi) is 6.07. The van der Waals surface area contributed by atoms with Crippen LogP contribution in [0.3, 0.4) is 0 Å². The fourth-order valence-electron chi connectivity index (χ4n) is 3.35. The van der Waals surface area contributed by atoms with Gasteiger partial charge in [-0.3, -0.25) is 0 Å². The fourth-order valence-corrected chi connectivity index (χ4v) is 3.90. The van der Waals surface area contributed by atoms with E-state index in [9.17, 15) is 13.6 Å². The summed E-state index contributed by atoms with van der Waals surface area (Å²) < 4.78 is 30.4. The summed E-state index contributed by atoms with van der Waals surface area (Å²) in [5.41, 5.74) is 3.15. The number of alkyl halides is 2. The zero-order valence-corrected chi connectivity index (χ0v) is 15.7. The van der Waals surface area contributed by atoms with Gasteiger partial charge in [-0.05, 0) is 48.1 Å². The van der Waals surface area contributed by atoms with Gasteiger partial charge in [0.25, 0.3) is 6.43 Å². The molecule has 1 atom stereocenters. The lowest BCUT2D eigenvalue weighted by Gasteiger charge is -2.26. The minimum atomic E-state index is -2.63. The van der Waals surface area contributed by atoms with Crippen LogP contribution in [0.1, 0.15) is 30.0 Å². The van der Waals surface area contributed by atoms with Crippen LogP contribution in [0.25, 0.3) is 11.1 Å². The molecule has 4 nitrogen and oxygen atoms in total. The molecule has 8 heteroatoms. The van der Waals surface area contributed by atoms with Gasteiger partial charge in [-0.15, -0.1) is 0 Å². The number of carboxylic acid groups (broad SMARTS) is 1. The normalized spacial score (nSPS) is 16.1. The molecule has 144 valence electrons. The van der Waals surface area contributed by atoms with Gasteiger partial charge in [0, 0.05) is 10.6 Å². The van der Waals surface area contributed by atoms with E-state index in [1.165, 1.54) is 6.07 Å². The number of ether oxygens (including phenoxy) is 1. The van der Waals surface area contributed by atoms with Crippen LogP contribution in [0, 0.1) is 0 Å². The molecule has 1 unspecified atom stereocenters. The first-order valence-corrected chi connectivity index (χ1v) is 9.13. The van der Waals surface area contributed by atoms with Crippen LogP contribution >= 0.6 is 23.2 Å². The van der Waals surface area contributed by atoms with Gasteiger partial charge in [-0.1, -0.05) is 41.4 Å². The summed E-state index contributed by atoms with van der Waals surface area (Å²) in [5.74, 6) is 0.150. The van der Waals surface area contributed by atoms with Crippen LogP contribution in [0.5, 0.6) is 5.75 Å². The Balaban J connectivity index is 2.01. The van der Waals surface area contributed by atoms with Gasteiger partial charge < -0.3 is 15.2 Å². The number of rotatable bonds is 5. The number of nitrogens with one attached hydrogen (secondary N) is 1. The van der Waals surface area contributed by atoms with Gasteiger partial charge >= 0.3 is 6.09 Å². The highest BCUT2D eigenvalue weighted by Gasteiger charge is 2.23. The number of carbonyl (C=O) groups is 1. The van der Waals surface area contributed by atoms with E-state index in [0.717, 1.165) is 36.0 Å². The molecule has 0 spiro atoms. The quantitative estimate of drug-likeness (QED) is 0.634. The lowest BCUT2D eigenvalue weighted by Crippen LogP contribution is -2.29. The van der Waals surface area contributed by atoms with Crippen molar-refractivity contribution in [1.29, 1.82) is 0 Å². The number of fused-ring (bicyclic) bond motifs is 1. The second-order valence-electron chi connectivity index (χ2n) is 6.27. The summed E-state index contributed by atoms with van der Waals surface area (Å²) in [4.78, 5) is 11.0. The Labute approximate surface area is 165 Å². The number of hydrogen-bond donors (Lipinski definition) is 2. The van der Waals surface area contributed by atoms with E-state index in [-0.39, 0.29) is 16.8 Å². The van der Waals surface area contributed by atoms with E-state index in [2.05, 4.69) is 5.32 Å². The SMILES string of the molecule is O=C(O)NC1CCCc2cc(-c3cc(Cl)cc(Cl)c3OCC(F)F)ccc21. The Hall–Kier alpha value is -2.05. The van der Waals surface area contributed by atoms with Crippen molar-refractivity contribution < 1.29 is 23.4 Å². The first-order chi connectivity index (χ1) is 12.8. The van der Waals surface area contributed by atoms with Gasteiger partial charge in [0.15, 0.2) is 0 Å². The van der Waals surface area contributed by atoms with Gasteiger partial charge in [-0.2, -0.15) is 0 Å². The summed E-state index contributed by atoms with van der Waals surface area (Å²) >= 11 is 12.3. The minimum Gasteiger partial charge on any atom is -0.485 e. The first-order valence-electron chi connectivity index (χ1n) is 8.38. The molecule has 2 N–H and O–H groups in total. The van der Waals surface area contributed by atoms with Crippen molar-refractivity contribution in [3.05, 3.63) is 51.5 Å². The lowest BCUT2D eigenvalue weighted by molar-refractivity contribution is 0.0822. The van der Waals surface area contributed by atoms with Crippen molar-refractivity contribution in [2.45, 2.75) is 31.7 Å². The maximum absolute atomic E-state index is 12.6. The van der Waals surface area contributed by atoms with Crippen LogP contribution in [-0.2, 0) is 6.42 Å². The molecule has 1 aliphatic rings. The number of aryl methyl sites for hydroxylation is 1. The van der Waals surface area contributed by atoms with Crippen molar-refractivity contribution >= 4 is 29.3 Å². The predicted octanol–water partition coefficient (Wildman–Crippen LogP) is 5.95. The van der Waals surface area contributed by atoms with Crippen LogP contribution in [0.2, 0.25) is 10.0 Å². The van der Waals surface area contributed by atoms with E-state index in [4.69, 9.17) is 33.0 Å². The molecule has 0 saturated heterocycles. The standard InChI is InChI=1S/C19H17Cl2F2NO3/c20-12-7-14(18(15(21)8-12)27-9-17(22)23)11-4-5-13-10(6-11)2-1-3-16(13)24-19(25)26/h4-8,16-17,24H,1-3,9H2,(H,25,26). The van der Waals surface area contributed by atoms with Gasteiger partial charge in [0.1, 0.15) is 12.4 Å². The van der Waals surface area contributed by atoms with E-state index in [1.807, 2.05) is 12.1 Å². The highest BCUT2D eigenvalue weighted by molar-refractivity contribution is 6.36. The molecule has 0 radical (unpaired) electrons. The van der Waals surface area contributed by atoms with Crippen molar-refractivity contribution in [2.75, 3.05) is 6.61 Å². The Bertz CT molecular complexity index is 861. The molecular formula is C19H17Cl2F2NO3. The zero-order valence-electron chi connectivity index (χ0n) is 14.1. The number of halogens is 4. The van der Waals surface area contributed by atoms with E-state index < -0.39 is 19.1 Å². The summed E-state index contributed by atoms with van der Waals surface area (Å²) in [7, 11) is 0. The zero-order chi connectivity index (χ0) is 19.6. The lowest BCUT2D eigenvalue weighted by atomic mass is 9.85. The number of amides is 1. The molecule has 0 bridgehead atoms. The molecule has 0 aromatic heterocycles. The Morgan fingerprint density at radius 1 is 1.30 bits per heavy atom. The van der Waals surface area contributed by atoms with Crippen LogP contribution in [0.15, 0.2) is 30.3 Å². The molecule has 3 rings (SSSR count). The molecule has 27 heavy (non-hydrogen) atoms. The molecule has 0 saturated carbocycles. The number of hydrogen-bond acceptors (Lipinski definition) is 2. The van der Waals surface area contributed by atoms with Gasteiger partial charge in [0.05, 0.1) is 11.1 Å². The molecule has 0 fully saturated rings. The van der Waals surface area contributed by atoms with Crippen LogP contribution in [-0.4, -0.2) is 24.2 Å². The van der Waals surface area contributed by atoms with Crippen molar-refractivity contribution in [3.63, 3.8) is 0 Å². The average Bonchev–Trinajstić information content (AvgIpc) is 2.59. The summed E-state index contributed by atoms with van der Waals surface area (Å²) in [6.07, 6.45) is -1.34. The maximum Gasteiger partial charge on any atom is 0.405 e. The van der Waals surface area contributed by atoms with Crippen LogP contribution in [0.4, 0.5) is 13.6 Å². The molecule has 1 aliphatic carbocycles. The third kappa shape index (κ3) is 4.62. The molecule has 0 aliphatic heterocycles. The molecular weight excluding hydrogens is 399 g/mol. The monoisotopic (exact) mass is 415 g/mol. The maximum atomic E-state index is 12.6. The topological polar surface area (TPSA) is 58.6 Å².